The molecule has 0 radical (unpaired) electrons. The van der Waals surface area contributed by atoms with Crippen LogP contribution in [0.2, 0.25) is 0 Å². The van der Waals surface area contributed by atoms with E-state index in [0.717, 1.165) is 0 Å². The summed E-state index contributed by atoms with van der Waals surface area (Å²) in [5.74, 6) is -3.65. The quantitative estimate of drug-likeness (QED) is 0.323. The first-order valence-electron chi connectivity index (χ1n) is 16.3. The minimum absolute atomic E-state index is 0.0791. The highest BCUT2D eigenvalue weighted by Gasteiger charge is 2.92. The van der Waals surface area contributed by atoms with Crippen LogP contribution in [0.1, 0.15) is 37.0 Å². The van der Waals surface area contributed by atoms with Gasteiger partial charge >= 0.3 is 11.9 Å². The van der Waals surface area contributed by atoms with Gasteiger partial charge in [0.15, 0.2) is 5.60 Å². The maximum absolute atomic E-state index is 13.8. The van der Waals surface area contributed by atoms with Gasteiger partial charge in [0.05, 0.1) is 30.5 Å². The van der Waals surface area contributed by atoms with Gasteiger partial charge in [0.1, 0.15) is 23.9 Å². The Bertz CT molecular complexity index is 1360. The Morgan fingerprint density at radius 1 is 1.00 bits per heavy atom. The summed E-state index contributed by atoms with van der Waals surface area (Å²) in [5.41, 5.74) is -4.79. The number of piperidine rings is 1. The van der Waals surface area contributed by atoms with E-state index in [1.807, 2.05) is 6.92 Å². The van der Waals surface area contributed by atoms with Crippen LogP contribution in [0.5, 0.6) is 0 Å². The van der Waals surface area contributed by atoms with E-state index in [-0.39, 0.29) is 25.0 Å². The molecular weight excluding hydrogens is 598 g/mol. The van der Waals surface area contributed by atoms with E-state index in [0.29, 0.717) is 25.1 Å². The van der Waals surface area contributed by atoms with Gasteiger partial charge in [-0.05, 0) is 31.0 Å². The van der Waals surface area contributed by atoms with Crippen LogP contribution in [0.15, 0.2) is 30.3 Å². The number of carbonyl (C=O) groups excluding carboxylic acids is 2. The van der Waals surface area contributed by atoms with Crippen molar-refractivity contribution in [3.8, 4) is 0 Å². The van der Waals surface area contributed by atoms with Gasteiger partial charge < -0.3 is 43.7 Å². The lowest BCUT2D eigenvalue weighted by molar-refractivity contribution is -0.322. The molecule has 1 saturated heterocycles. The number of esters is 2. The van der Waals surface area contributed by atoms with Gasteiger partial charge in [-0.1, -0.05) is 25.1 Å². The van der Waals surface area contributed by atoms with Crippen LogP contribution < -0.4 is 0 Å². The average molecular weight is 646 g/mol. The van der Waals surface area contributed by atoms with Crippen molar-refractivity contribution >= 4 is 11.9 Å². The van der Waals surface area contributed by atoms with Crippen molar-refractivity contribution in [1.82, 2.24) is 4.90 Å². The number of fused-ring (bicyclic) bond motifs is 2. The second kappa shape index (κ2) is 10.9. The third-order valence-corrected chi connectivity index (χ3v) is 13.2. The molecule has 1 heterocycles. The van der Waals surface area contributed by atoms with Gasteiger partial charge in [0.2, 0.25) is 0 Å². The zero-order chi connectivity index (χ0) is 33.0. The summed E-state index contributed by atoms with van der Waals surface area (Å²) in [4.78, 5) is 29.3. The third-order valence-electron chi connectivity index (χ3n) is 13.2. The number of hydrogen-bond donors (Lipinski definition) is 3. The van der Waals surface area contributed by atoms with Crippen molar-refractivity contribution in [2.45, 2.75) is 80.6 Å². The standard InChI is InChI=1S/C34H47NO11/c1-7-35-15-31(16-41-3)20(37)13-21(42-4)33-19-14-32(40)28(45-30(39)18-11-9-8-10-12-18)22(19)34(46-17(2)36,27(38)29(32)44-6)23(26(33)35)24(43-5)25(31)33/h8-12,19-29,37-38,40H,7,13-16H2,1-6H3/t19?,20-,21+,22?,23+,24+,25?,26?,27+,28?,29+,31+,32?,33+,34-/m1/s1. The van der Waals surface area contributed by atoms with Gasteiger partial charge in [-0.3, -0.25) is 9.69 Å². The SMILES string of the molecule is CCN1C[C@@]2(COC)C3[C@@H](OC)[C@H]4C1[C@@]3(C1CC3(O)C(OC(=O)c5ccccc5)C1[C@]4(OC(C)=O)[C@@H](O)[C@@H]3OC)[C@@H](OC)C[C@H]2O. The lowest BCUT2D eigenvalue weighted by Gasteiger charge is -2.70. The summed E-state index contributed by atoms with van der Waals surface area (Å²) in [6.45, 7) is 4.68. The number of aliphatic hydroxyl groups excluding tert-OH is 2. The number of nitrogens with zero attached hydrogens (tertiary/aromatic N) is 1. The molecule has 1 aliphatic heterocycles. The molecule has 5 aliphatic carbocycles. The van der Waals surface area contributed by atoms with Crippen molar-refractivity contribution in [1.29, 1.82) is 0 Å². The molecule has 1 spiro atoms. The predicted molar refractivity (Wildman–Crippen MR) is 160 cm³/mol. The van der Waals surface area contributed by atoms with Crippen LogP contribution >= 0.6 is 0 Å². The fourth-order valence-corrected chi connectivity index (χ4v) is 12.3. The molecule has 3 N–H and O–H groups in total. The zero-order valence-electron chi connectivity index (χ0n) is 27.3. The van der Waals surface area contributed by atoms with Gasteiger partial charge in [0.25, 0.3) is 0 Å². The molecule has 254 valence electrons. The lowest BCUT2D eigenvalue weighted by atomic mass is 9.42. The number of likely N-dealkylation sites (tertiary alicyclic amines) is 1. The van der Waals surface area contributed by atoms with Crippen LogP contribution in [-0.2, 0) is 33.2 Å². The van der Waals surface area contributed by atoms with Gasteiger partial charge in [-0.25, -0.2) is 4.79 Å². The monoisotopic (exact) mass is 645 g/mol. The first-order valence-corrected chi connectivity index (χ1v) is 16.3. The van der Waals surface area contributed by atoms with Crippen molar-refractivity contribution in [3.63, 3.8) is 0 Å². The number of aliphatic hydroxyl groups is 3. The fourth-order valence-electron chi connectivity index (χ4n) is 12.3. The molecule has 7 bridgehead atoms. The summed E-state index contributed by atoms with van der Waals surface area (Å²) in [5, 5.41) is 37.3. The Morgan fingerprint density at radius 2 is 1.72 bits per heavy atom. The number of methoxy groups -OCH3 is 4. The van der Waals surface area contributed by atoms with Crippen LogP contribution in [0, 0.1) is 34.5 Å². The normalized spacial score (nSPS) is 49.9. The molecule has 6 unspecified atom stereocenters. The van der Waals surface area contributed by atoms with Gasteiger partial charge in [-0.15, -0.1) is 0 Å². The van der Waals surface area contributed by atoms with Crippen LogP contribution in [0.4, 0.5) is 0 Å². The minimum atomic E-state index is -1.83. The fraction of sp³-hybridized carbons (Fsp3) is 0.765. The second-order valence-corrected chi connectivity index (χ2v) is 14.4. The molecule has 5 saturated carbocycles. The molecular formula is C34H47NO11. The maximum atomic E-state index is 13.8. The molecule has 1 aromatic carbocycles. The van der Waals surface area contributed by atoms with Crippen molar-refractivity contribution < 1.29 is 53.3 Å². The molecule has 6 fully saturated rings. The number of hydrogen-bond acceptors (Lipinski definition) is 12. The second-order valence-electron chi connectivity index (χ2n) is 14.4. The highest BCUT2D eigenvalue weighted by Crippen LogP contribution is 2.80. The van der Waals surface area contributed by atoms with E-state index in [1.54, 1.807) is 51.7 Å². The first kappa shape index (κ1) is 32.4. The number of benzene rings is 1. The average Bonchev–Trinajstić information content (AvgIpc) is 3.41. The van der Waals surface area contributed by atoms with Crippen molar-refractivity contribution in [2.75, 3.05) is 48.1 Å². The zero-order valence-corrected chi connectivity index (χ0v) is 27.3. The summed E-state index contributed by atoms with van der Waals surface area (Å²) in [6.07, 6.45) is -5.49. The molecule has 46 heavy (non-hydrogen) atoms. The van der Waals surface area contributed by atoms with E-state index in [4.69, 9.17) is 28.4 Å². The van der Waals surface area contributed by atoms with Crippen molar-refractivity contribution in [3.05, 3.63) is 35.9 Å². The molecule has 15 atom stereocenters. The van der Waals surface area contributed by atoms with E-state index >= 15 is 0 Å². The largest absolute Gasteiger partial charge is 0.455 e. The van der Waals surface area contributed by atoms with E-state index < -0.39 is 88.3 Å². The Kier molecular flexibility index (Phi) is 7.69. The Balaban J connectivity index is 1.53. The Morgan fingerprint density at radius 3 is 2.30 bits per heavy atom. The van der Waals surface area contributed by atoms with Gasteiger partial charge in [0, 0.05) is 83.0 Å². The third kappa shape index (κ3) is 3.62. The number of rotatable bonds is 9. The molecule has 0 amide bonds. The minimum Gasteiger partial charge on any atom is -0.455 e. The summed E-state index contributed by atoms with van der Waals surface area (Å²) < 4.78 is 37.4. The molecule has 12 heteroatoms. The topological polar surface area (TPSA) is 153 Å². The van der Waals surface area contributed by atoms with Gasteiger partial charge in [-0.2, -0.15) is 0 Å². The Hall–Kier alpha value is -2.16. The molecule has 12 nitrogen and oxygen atoms in total. The summed E-state index contributed by atoms with van der Waals surface area (Å²) in [6, 6.07) is 8.18. The van der Waals surface area contributed by atoms with Crippen molar-refractivity contribution in [2.24, 2.45) is 34.5 Å². The first-order chi connectivity index (χ1) is 22.0. The lowest BCUT2D eigenvalue weighted by Crippen LogP contribution is -2.81. The predicted octanol–water partition coefficient (Wildman–Crippen LogP) is 0.648. The summed E-state index contributed by atoms with van der Waals surface area (Å²) >= 11 is 0. The van der Waals surface area contributed by atoms with Crippen LogP contribution in [0.3, 0.4) is 0 Å². The Labute approximate surface area is 269 Å². The van der Waals surface area contributed by atoms with E-state index in [9.17, 15) is 24.9 Å². The maximum Gasteiger partial charge on any atom is 0.338 e. The van der Waals surface area contributed by atoms with Crippen LogP contribution in [0.25, 0.3) is 0 Å². The molecule has 1 aromatic rings. The molecule has 0 aromatic heterocycles. The molecule has 7 rings (SSSR count). The van der Waals surface area contributed by atoms with Crippen LogP contribution in [-0.4, -0.2) is 134 Å². The van der Waals surface area contributed by atoms with E-state index in [2.05, 4.69) is 4.90 Å². The smallest absolute Gasteiger partial charge is 0.338 e. The number of ether oxygens (including phenoxy) is 6. The summed E-state index contributed by atoms with van der Waals surface area (Å²) in [7, 11) is 6.27. The van der Waals surface area contributed by atoms with E-state index in [1.165, 1.54) is 14.0 Å². The highest BCUT2D eigenvalue weighted by atomic mass is 16.6. The molecule has 6 aliphatic rings. The number of carbonyl (C=O) groups is 2. The highest BCUT2D eigenvalue weighted by molar-refractivity contribution is 5.89.